The summed E-state index contributed by atoms with van der Waals surface area (Å²) < 4.78 is 5.08. The van der Waals surface area contributed by atoms with Gasteiger partial charge in [0.25, 0.3) is 0 Å². The molecule has 1 fully saturated rings. The van der Waals surface area contributed by atoms with Crippen LogP contribution in [0.1, 0.15) is 13.8 Å². The van der Waals surface area contributed by atoms with Gasteiger partial charge in [-0.1, -0.05) is 6.08 Å². The lowest BCUT2D eigenvalue weighted by molar-refractivity contribution is -0.116. The van der Waals surface area contributed by atoms with Gasteiger partial charge in [-0.15, -0.1) is 0 Å². The van der Waals surface area contributed by atoms with Crippen LogP contribution in [-0.4, -0.2) is 40.9 Å². The van der Waals surface area contributed by atoms with Gasteiger partial charge in [0.05, 0.1) is 6.61 Å². The van der Waals surface area contributed by atoms with Crippen LogP contribution in [0.15, 0.2) is 22.8 Å². The van der Waals surface area contributed by atoms with Crippen molar-refractivity contribution in [3.63, 3.8) is 0 Å². The molecule has 3 unspecified atom stereocenters. The minimum absolute atomic E-state index is 0.120. The van der Waals surface area contributed by atoms with Crippen molar-refractivity contribution >= 4 is 5.78 Å². The average Bonchev–Trinajstić information content (AvgIpc) is 3.02. The Morgan fingerprint density at radius 3 is 2.80 bits per heavy atom. The molecule has 0 bridgehead atoms. The minimum atomic E-state index is -0.845. The second-order valence-electron chi connectivity index (χ2n) is 3.86. The van der Waals surface area contributed by atoms with Gasteiger partial charge in [-0.2, -0.15) is 0 Å². The number of aliphatic hydroxyl groups excluding tert-OH is 2. The fourth-order valence-electron chi connectivity index (χ4n) is 1.99. The fourth-order valence-corrected chi connectivity index (χ4v) is 1.99. The highest BCUT2D eigenvalue weighted by Gasteiger charge is 2.55. The van der Waals surface area contributed by atoms with Crippen LogP contribution in [0, 0.1) is 0 Å². The van der Waals surface area contributed by atoms with Crippen molar-refractivity contribution in [1.29, 1.82) is 0 Å². The molecule has 0 spiro atoms. The van der Waals surface area contributed by atoms with Crippen LogP contribution >= 0.6 is 0 Å². The molecule has 2 aliphatic rings. The third-order valence-corrected chi connectivity index (χ3v) is 3.02. The highest BCUT2D eigenvalue weighted by molar-refractivity contribution is 6.06. The number of hydrogen-bond donors (Lipinski definition) is 2. The Hall–Kier alpha value is -0.970. The Bertz CT molecular complexity index is 367. The van der Waals surface area contributed by atoms with Crippen LogP contribution in [0.3, 0.4) is 0 Å². The Balaban J connectivity index is 2.47. The van der Waals surface area contributed by atoms with Gasteiger partial charge in [-0.05, 0) is 25.0 Å². The lowest BCUT2D eigenvalue weighted by Gasteiger charge is -2.20. The van der Waals surface area contributed by atoms with Crippen molar-refractivity contribution in [1.82, 2.24) is 0 Å². The van der Waals surface area contributed by atoms with Gasteiger partial charge in [0, 0.05) is 5.57 Å². The molecule has 4 nitrogen and oxygen atoms in total. The van der Waals surface area contributed by atoms with Gasteiger partial charge in [0.1, 0.15) is 18.3 Å². The zero-order chi connectivity index (χ0) is 11.2. The maximum Gasteiger partial charge on any atom is 0.194 e. The number of hydrogen-bond acceptors (Lipinski definition) is 4. The smallest absolute Gasteiger partial charge is 0.194 e. The molecule has 2 rings (SSSR count). The first kappa shape index (κ1) is 10.5. The van der Waals surface area contributed by atoms with Crippen LogP contribution in [0.4, 0.5) is 0 Å². The summed E-state index contributed by atoms with van der Waals surface area (Å²) in [4.78, 5) is 11.8. The van der Waals surface area contributed by atoms with Crippen molar-refractivity contribution in [2.75, 3.05) is 6.61 Å². The number of allylic oxidation sites excluding steroid dienone is 2. The quantitative estimate of drug-likeness (QED) is 0.627. The van der Waals surface area contributed by atoms with Gasteiger partial charge in [-0.3, -0.25) is 4.79 Å². The van der Waals surface area contributed by atoms with E-state index in [9.17, 15) is 15.0 Å². The van der Waals surface area contributed by atoms with E-state index in [0.717, 1.165) is 5.57 Å². The van der Waals surface area contributed by atoms with E-state index in [-0.39, 0.29) is 12.4 Å². The monoisotopic (exact) mass is 210 g/mol. The molecule has 0 aromatic heterocycles. The summed E-state index contributed by atoms with van der Waals surface area (Å²) in [5, 5.41) is 19.0. The Morgan fingerprint density at radius 2 is 2.27 bits per heavy atom. The van der Waals surface area contributed by atoms with Gasteiger partial charge < -0.3 is 14.9 Å². The predicted molar refractivity (Wildman–Crippen MR) is 53.2 cm³/mol. The number of aliphatic hydroxyl groups is 2. The van der Waals surface area contributed by atoms with Crippen molar-refractivity contribution in [3.05, 3.63) is 22.8 Å². The maximum atomic E-state index is 11.8. The van der Waals surface area contributed by atoms with E-state index < -0.39 is 18.3 Å². The van der Waals surface area contributed by atoms with Gasteiger partial charge in [0.15, 0.2) is 5.78 Å². The molecule has 1 saturated heterocycles. The maximum absolute atomic E-state index is 11.8. The lowest BCUT2D eigenvalue weighted by Crippen LogP contribution is -2.33. The number of epoxide rings is 1. The van der Waals surface area contributed by atoms with E-state index in [1.54, 1.807) is 13.0 Å². The third-order valence-electron chi connectivity index (χ3n) is 3.02. The molecule has 1 aliphatic heterocycles. The molecular weight excluding hydrogens is 196 g/mol. The van der Waals surface area contributed by atoms with Crippen LogP contribution in [-0.2, 0) is 9.53 Å². The zero-order valence-corrected chi connectivity index (χ0v) is 8.73. The Labute approximate surface area is 87.9 Å². The number of rotatable bonds is 2. The molecule has 0 amide bonds. The number of fused-ring (bicyclic) bond motifs is 1. The van der Waals surface area contributed by atoms with E-state index in [4.69, 9.17) is 4.74 Å². The zero-order valence-electron chi connectivity index (χ0n) is 8.73. The van der Waals surface area contributed by atoms with Gasteiger partial charge in [-0.25, -0.2) is 0 Å². The first-order valence-corrected chi connectivity index (χ1v) is 4.96. The summed E-state index contributed by atoms with van der Waals surface area (Å²) in [7, 11) is 0. The fraction of sp³-hybridized carbons (Fsp3) is 0.545. The summed E-state index contributed by atoms with van der Waals surface area (Å²) in [6.07, 6.45) is 0.00839. The number of Topliss-reactive ketones (excluding diaryl/α,β-unsaturated/α-hetero) is 1. The van der Waals surface area contributed by atoms with E-state index >= 15 is 0 Å². The highest BCUT2D eigenvalue weighted by atomic mass is 16.6. The summed E-state index contributed by atoms with van der Waals surface area (Å²) in [5.74, 6) is -0.120. The molecule has 82 valence electrons. The second-order valence-corrected chi connectivity index (χ2v) is 3.86. The van der Waals surface area contributed by atoms with Crippen molar-refractivity contribution in [3.8, 4) is 0 Å². The third kappa shape index (κ3) is 1.45. The molecule has 0 aromatic carbocycles. The van der Waals surface area contributed by atoms with Crippen LogP contribution in [0.2, 0.25) is 0 Å². The SMILES string of the molecule is CC=C(C)C1=C(CO)C(O)C2OC2C1=O. The average molecular weight is 210 g/mol. The molecular formula is C11H14O4. The topological polar surface area (TPSA) is 70.1 Å². The molecule has 3 atom stereocenters. The van der Waals surface area contributed by atoms with E-state index in [0.29, 0.717) is 11.1 Å². The number of carbonyl (C=O) groups excluding carboxylic acids is 1. The van der Waals surface area contributed by atoms with Crippen molar-refractivity contribution in [2.24, 2.45) is 0 Å². The second kappa shape index (κ2) is 3.56. The van der Waals surface area contributed by atoms with E-state index in [2.05, 4.69) is 0 Å². The first-order chi connectivity index (χ1) is 7.11. The van der Waals surface area contributed by atoms with Crippen LogP contribution < -0.4 is 0 Å². The molecule has 2 N–H and O–H groups in total. The normalized spacial score (nSPS) is 35.6. The molecule has 1 aliphatic carbocycles. The molecule has 0 aromatic rings. The summed E-state index contributed by atoms with van der Waals surface area (Å²) in [5.41, 5.74) is 1.60. The number of ketones is 1. The standard InChI is InChI=1S/C11H14O4/c1-3-5(2)7-6(4-12)8(13)10-11(15-10)9(7)14/h3,8,10-13H,4H2,1-2H3. The highest BCUT2D eigenvalue weighted by Crippen LogP contribution is 2.39. The largest absolute Gasteiger partial charge is 0.392 e. The van der Waals surface area contributed by atoms with Crippen molar-refractivity contribution < 1.29 is 19.7 Å². The molecule has 15 heavy (non-hydrogen) atoms. The molecule has 0 radical (unpaired) electrons. The summed E-state index contributed by atoms with van der Waals surface area (Å²) in [6.45, 7) is 3.30. The number of ether oxygens (including phenoxy) is 1. The van der Waals surface area contributed by atoms with E-state index in [1.165, 1.54) is 0 Å². The first-order valence-electron chi connectivity index (χ1n) is 4.96. The van der Waals surface area contributed by atoms with E-state index in [1.807, 2.05) is 6.92 Å². The van der Waals surface area contributed by atoms with Crippen molar-refractivity contribution in [2.45, 2.75) is 32.2 Å². The Morgan fingerprint density at radius 1 is 1.60 bits per heavy atom. The molecule has 0 saturated carbocycles. The molecule has 4 heteroatoms. The Kier molecular flexibility index (Phi) is 2.50. The van der Waals surface area contributed by atoms with Gasteiger partial charge in [0.2, 0.25) is 0 Å². The molecule has 1 heterocycles. The van der Waals surface area contributed by atoms with Gasteiger partial charge >= 0.3 is 0 Å². The van der Waals surface area contributed by atoms with Crippen LogP contribution in [0.25, 0.3) is 0 Å². The minimum Gasteiger partial charge on any atom is -0.392 e. The predicted octanol–water partition coefficient (Wildman–Crippen LogP) is -0.0475. The van der Waals surface area contributed by atoms with Crippen LogP contribution in [0.5, 0.6) is 0 Å². The summed E-state index contributed by atoms with van der Waals surface area (Å²) >= 11 is 0. The number of carbonyl (C=O) groups is 1. The lowest BCUT2D eigenvalue weighted by atomic mass is 9.85. The summed E-state index contributed by atoms with van der Waals surface area (Å²) in [6, 6.07) is 0.